The number of alkyl halides is 3. The third-order valence-electron chi connectivity index (χ3n) is 5.09. The van der Waals surface area contributed by atoms with E-state index in [9.17, 15) is 13.2 Å². The van der Waals surface area contributed by atoms with Gasteiger partial charge in [0.05, 0.1) is 6.04 Å². The van der Waals surface area contributed by atoms with E-state index in [1.165, 1.54) is 17.2 Å². The first-order valence-electron chi connectivity index (χ1n) is 9.20. The molecule has 0 unspecified atom stereocenters. The smallest absolute Gasteiger partial charge is 0.357 e. The van der Waals surface area contributed by atoms with Crippen LogP contribution in [0.4, 0.5) is 19.0 Å². The van der Waals surface area contributed by atoms with Crippen LogP contribution in [0.25, 0.3) is 5.65 Å². The summed E-state index contributed by atoms with van der Waals surface area (Å²) in [5.74, 6) is -0.817. The van der Waals surface area contributed by atoms with Crippen molar-refractivity contribution in [1.82, 2.24) is 19.8 Å². The van der Waals surface area contributed by atoms with Crippen LogP contribution in [-0.2, 0) is 19.0 Å². The molecule has 1 aliphatic carbocycles. The molecule has 0 amide bonds. The van der Waals surface area contributed by atoms with Gasteiger partial charge in [0.2, 0.25) is 0 Å². The molecule has 4 aromatic rings. The first-order chi connectivity index (χ1) is 14.0. The molecule has 1 aromatic carbocycles. The van der Waals surface area contributed by atoms with Crippen molar-refractivity contribution in [3.05, 3.63) is 75.2 Å². The summed E-state index contributed by atoms with van der Waals surface area (Å²) in [7, 11) is 0. The Bertz CT molecular complexity index is 1170. The van der Waals surface area contributed by atoms with Crippen LogP contribution in [0, 0.1) is 0 Å². The molecule has 0 saturated heterocycles. The van der Waals surface area contributed by atoms with Gasteiger partial charge in [-0.05, 0) is 59.5 Å². The van der Waals surface area contributed by atoms with Crippen molar-refractivity contribution in [2.24, 2.45) is 0 Å². The number of thiophene rings is 1. The van der Waals surface area contributed by atoms with Gasteiger partial charge in [-0.25, -0.2) is 0 Å². The fourth-order valence-electron chi connectivity index (χ4n) is 3.74. The molecule has 1 N–H and O–H groups in total. The molecule has 148 valence electrons. The molecule has 0 radical (unpaired) electrons. The van der Waals surface area contributed by atoms with Crippen LogP contribution < -0.4 is 5.32 Å². The zero-order valence-electron chi connectivity index (χ0n) is 15.1. The van der Waals surface area contributed by atoms with E-state index in [-0.39, 0.29) is 11.7 Å². The normalized spacial score (nSPS) is 14.9. The van der Waals surface area contributed by atoms with Crippen LogP contribution in [0.5, 0.6) is 0 Å². The second kappa shape index (κ2) is 6.84. The number of nitrogens with one attached hydrogen (secondary N) is 1. The minimum absolute atomic E-state index is 0.0491. The van der Waals surface area contributed by atoms with E-state index >= 15 is 0 Å². The van der Waals surface area contributed by atoms with Gasteiger partial charge in [-0.2, -0.15) is 17.7 Å². The largest absolute Gasteiger partial charge is 0.453 e. The Balaban J connectivity index is 1.54. The molecule has 29 heavy (non-hydrogen) atoms. The summed E-state index contributed by atoms with van der Waals surface area (Å²) in [5, 5.41) is 16.2. The van der Waals surface area contributed by atoms with Crippen LogP contribution in [0.3, 0.4) is 0 Å². The van der Waals surface area contributed by atoms with E-state index < -0.39 is 12.0 Å². The van der Waals surface area contributed by atoms with Crippen molar-refractivity contribution in [2.75, 3.05) is 5.32 Å². The lowest BCUT2D eigenvalue weighted by Gasteiger charge is -2.20. The molecule has 0 fully saturated rings. The zero-order chi connectivity index (χ0) is 20.0. The van der Waals surface area contributed by atoms with Gasteiger partial charge in [-0.3, -0.25) is 0 Å². The molecular weight excluding hydrogens is 399 g/mol. The predicted molar refractivity (Wildman–Crippen MR) is 104 cm³/mol. The molecule has 0 aliphatic heterocycles. The number of benzene rings is 1. The SMILES string of the molecule is FC(F)(F)c1nnc2ccc(N[C@H](c3ccc4c(c3)CCC4)c3cccs3)nn12. The number of fused-ring (bicyclic) bond motifs is 2. The maximum absolute atomic E-state index is 13.2. The zero-order valence-corrected chi connectivity index (χ0v) is 16.0. The number of hydrogen-bond acceptors (Lipinski definition) is 5. The van der Waals surface area contributed by atoms with Crippen molar-refractivity contribution < 1.29 is 13.2 Å². The Morgan fingerprint density at radius 1 is 1.03 bits per heavy atom. The van der Waals surface area contributed by atoms with Gasteiger partial charge in [0.1, 0.15) is 5.82 Å². The topological polar surface area (TPSA) is 55.1 Å². The lowest BCUT2D eigenvalue weighted by molar-refractivity contribution is -0.146. The number of anilines is 1. The molecule has 1 aliphatic rings. The number of aromatic nitrogens is 4. The van der Waals surface area contributed by atoms with Crippen LogP contribution >= 0.6 is 11.3 Å². The van der Waals surface area contributed by atoms with Gasteiger partial charge in [-0.1, -0.05) is 24.3 Å². The van der Waals surface area contributed by atoms with Crippen molar-refractivity contribution in [3.8, 4) is 0 Å². The van der Waals surface area contributed by atoms with E-state index in [0.29, 0.717) is 5.82 Å². The number of rotatable bonds is 4. The molecule has 1 atom stereocenters. The Kier molecular flexibility index (Phi) is 4.27. The molecule has 3 aromatic heterocycles. The van der Waals surface area contributed by atoms with Gasteiger partial charge in [0.15, 0.2) is 5.65 Å². The Hall–Kier alpha value is -2.94. The maximum atomic E-state index is 13.2. The highest BCUT2D eigenvalue weighted by atomic mass is 32.1. The fraction of sp³-hybridized carbons (Fsp3) is 0.250. The first-order valence-corrected chi connectivity index (χ1v) is 10.1. The summed E-state index contributed by atoms with van der Waals surface area (Å²) in [6.07, 6.45) is -1.32. The Morgan fingerprint density at radius 2 is 1.90 bits per heavy atom. The van der Waals surface area contributed by atoms with Crippen molar-refractivity contribution in [2.45, 2.75) is 31.5 Å². The first kappa shape index (κ1) is 18.1. The quantitative estimate of drug-likeness (QED) is 0.515. The molecule has 0 spiro atoms. The monoisotopic (exact) mass is 415 g/mol. The van der Waals surface area contributed by atoms with E-state index in [0.717, 1.165) is 34.2 Å². The number of hydrogen-bond donors (Lipinski definition) is 1. The second-order valence-corrected chi connectivity index (χ2v) is 7.96. The van der Waals surface area contributed by atoms with Crippen molar-refractivity contribution in [3.63, 3.8) is 0 Å². The average molecular weight is 415 g/mol. The van der Waals surface area contributed by atoms with E-state index in [2.05, 4.69) is 38.8 Å². The Labute approximate surface area is 168 Å². The standard InChI is InChI=1S/C20H16F3N5S/c21-20(22,23)19-26-25-17-9-8-16(27-28(17)19)24-18(15-5-2-10-29-15)14-7-6-12-3-1-4-13(12)11-14/h2,5-11,18H,1,3-4H2,(H,24,27)/t18-/m1/s1. The third-order valence-corrected chi connectivity index (χ3v) is 6.03. The minimum Gasteiger partial charge on any atom is -0.357 e. The molecule has 0 bridgehead atoms. The van der Waals surface area contributed by atoms with E-state index in [4.69, 9.17) is 0 Å². The van der Waals surface area contributed by atoms with Crippen molar-refractivity contribution >= 4 is 22.8 Å². The van der Waals surface area contributed by atoms with Gasteiger partial charge < -0.3 is 5.32 Å². The van der Waals surface area contributed by atoms with Crippen LogP contribution in [-0.4, -0.2) is 19.8 Å². The summed E-state index contributed by atoms with van der Waals surface area (Å²) >= 11 is 1.59. The van der Waals surface area contributed by atoms with Crippen molar-refractivity contribution in [1.29, 1.82) is 0 Å². The minimum atomic E-state index is -4.63. The lowest BCUT2D eigenvalue weighted by atomic mass is 10.00. The molecule has 3 heterocycles. The molecular formula is C20H16F3N5S. The highest BCUT2D eigenvalue weighted by Gasteiger charge is 2.37. The summed E-state index contributed by atoms with van der Waals surface area (Å²) < 4.78 is 40.3. The molecule has 0 saturated carbocycles. The lowest BCUT2D eigenvalue weighted by Crippen LogP contribution is -2.16. The number of halogens is 3. The van der Waals surface area contributed by atoms with Gasteiger partial charge in [0, 0.05) is 4.88 Å². The summed E-state index contributed by atoms with van der Waals surface area (Å²) in [4.78, 5) is 1.06. The van der Waals surface area contributed by atoms with Crippen LogP contribution in [0.2, 0.25) is 0 Å². The van der Waals surface area contributed by atoms with E-state index in [1.807, 2.05) is 17.5 Å². The summed E-state index contributed by atoms with van der Waals surface area (Å²) in [6.45, 7) is 0. The van der Waals surface area contributed by atoms with Crippen LogP contribution in [0.15, 0.2) is 47.8 Å². The predicted octanol–water partition coefficient (Wildman–Crippen LogP) is 4.89. The highest BCUT2D eigenvalue weighted by molar-refractivity contribution is 7.10. The highest BCUT2D eigenvalue weighted by Crippen LogP contribution is 2.33. The summed E-state index contributed by atoms with van der Waals surface area (Å²) in [6, 6.07) is 13.3. The average Bonchev–Trinajstić information content (AvgIpc) is 3.44. The van der Waals surface area contributed by atoms with Gasteiger partial charge in [-0.15, -0.1) is 26.6 Å². The molecule has 5 nitrogen and oxygen atoms in total. The fourth-order valence-corrected chi connectivity index (χ4v) is 4.54. The van der Waals surface area contributed by atoms with Gasteiger partial charge in [0.25, 0.3) is 5.82 Å². The number of aryl methyl sites for hydroxylation is 2. The molecule has 9 heteroatoms. The Morgan fingerprint density at radius 3 is 2.69 bits per heavy atom. The molecule has 5 rings (SSSR count). The maximum Gasteiger partial charge on any atom is 0.453 e. The third kappa shape index (κ3) is 3.35. The van der Waals surface area contributed by atoms with Crippen LogP contribution in [0.1, 0.15) is 39.9 Å². The van der Waals surface area contributed by atoms with E-state index in [1.54, 1.807) is 17.4 Å². The summed E-state index contributed by atoms with van der Waals surface area (Å²) in [5.41, 5.74) is 3.83. The second-order valence-electron chi connectivity index (χ2n) is 6.98. The number of nitrogens with zero attached hydrogens (tertiary/aromatic N) is 4. The van der Waals surface area contributed by atoms with Gasteiger partial charge >= 0.3 is 6.18 Å².